The van der Waals surface area contributed by atoms with E-state index < -0.39 is 5.97 Å². The van der Waals surface area contributed by atoms with Gasteiger partial charge in [0.1, 0.15) is 18.4 Å². The molecule has 0 saturated carbocycles. The zero-order chi connectivity index (χ0) is 22.3. The van der Waals surface area contributed by atoms with Crippen LogP contribution in [-0.4, -0.2) is 18.1 Å². The van der Waals surface area contributed by atoms with Gasteiger partial charge in [-0.05, 0) is 29.8 Å². The van der Waals surface area contributed by atoms with Gasteiger partial charge in [-0.1, -0.05) is 60.4 Å². The lowest BCUT2D eigenvalue weighted by Gasteiger charge is -2.12. The molecule has 5 nitrogen and oxygen atoms in total. The number of carbonyl (C=O) groups excluding carboxylic acids is 1. The summed E-state index contributed by atoms with van der Waals surface area (Å²) in [6.07, 6.45) is 0. The van der Waals surface area contributed by atoms with E-state index in [1.165, 1.54) is 13.2 Å². The van der Waals surface area contributed by atoms with Gasteiger partial charge in [-0.3, -0.25) is 0 Å². The number of ether oxygens (including phenoxy) is 2. The minimum absolute atomic E-state index is 0.0719. The quantitative estimate of drug-likeness (QED) is 0.349. The molecule has 0 unspecified atom stereocenters. The second-order valence-corrected chi connectivity index (χ2v) is 6.92. The molecule has 4 aromatic rings. The van der Waals surface area contributed by atoms with Gasteiger partial charge in [0.05, 0.1) is 18.2 Å². The van der Waals surface area contributed by atoms with Crippen LogP contribution in [0.3, 0.4) is 0 Å². The van der Waals surface area contributed by atoms with Crippen LogP contribution in [0.25, 0.3) is 10.9 Å². The van der Waals surface area contributed by atoms with Crippen molar-refractivity contribution in [2.24, 2.45) is 0 Å². The third-order valence-corrected chi connectivity index (χ3v) is 4.75. The summed E-state index contributed by atoms with van der Waals surface area (Å²) in [5.41, 5.74) is 3.22. The first kappa shape index (κ1) is 20.7. The van der Waals surface area contributed by atoms with Crippen molar-refractivity contribution in [3.8, 4) is 23.7 Å². The third-order valence-electron chi connectivity index (χ3n) is 4.75. The standard InChI is InChI=1S/C27H18N2O3/c1-31-27(30)24-16-25(32-18-20-10-6-3-7-11-20)23-15-21(14-22(17-28)26(23)29-24)13-12-19-8-4-2-5-9-19/h2-11,14-16H,18H2,1H3. The Balaban J connectivity index is 1.83. The second kappa shape index (κ2) is 9.47. The van der Waals surface area contributed by atoms with Crippen molar-refractivity contribution >= 4 is 16.9 Å². The first-order chi connectivity index (χ1) is 15.7. The van der Waals surface area contributed by atoms with Gasteiger partial charge < -0.3 is 9.47 Å². The minimum atomic E-state index is -0.603. The highest BCUT2D eigenvalue weighted by atomic mass is 16.5. The number of esters is 1. The van der Waals surface area contributed by atoms with Gasteiger partial charge in [0, 0.05) is 22.6 Å². The van der Waals surface area contributed by atoms with Crippen LogP contribution >= 0.6 is 0 Å². The summed E-state index contributed by atoms with van der Waals surface area (Å²) in [4.78, 5) is 16.5. The van der Waals surface area contributed by atoms with Crippen molar-refractivity contribution in [1.29, 1.82) is 5.26 Å². The van der Waals surface area contributed by atoms with E-state index in [4.69, 9.17) is 9.47 Å². The van der Waals surface area contributed by atoms with Gasteiger partial charge in [0.25, 0.3) is 0 Å². The lowest BCUT2D eigenvalue weighted by molar-refractivity contribution is 0.0594. The normalized spacial score (nSPS) is 10.0. The van der Waals surface area contributed by atoms with Crippen LogP contribution < -0.4 is 4.74 Å². The van der Waals surface area contributed by atoms with Crippen molar-refractivity contribution in [3.05, 3.63) is 107 Å². The van der Waals surface area contributed by atoms with Gasteiger partial charge in [-0.2, -0.15) is 5.26 Å². The van der Waals surface area contributed by atoms with Gasteiger partial charge in [0.15, 0.2) is 5.69 Å². The zero-order valence-corrected chi connectivity index (χ0v) is 17.3. The minimum Gasteiger partial charge on any atom is -0.488 e. The van der Waals surface area contributed by atoms with Crippen LogP contribution in [0.5, 0.6) is 5.75 Å². The third kappa shape index (κ3) is 4.59. The highest BCUT2D eigenvalue weighted by Gasteiger charge is 2.17. The molecule has 0 aliphatic heterocycles. The number of benzene rings is 3. The largest absolute Gasteiger partial charge is 0.488 e. The van der Waals surface area contributed by atoms with Crippen molar-refractivity contribution in [3.63, 3.8) is 0 Å². The first-order valence-electron chi connectivity index (χ1n) is 9.89. The van der Waals surface area contributed by atoms with Gasteiger partial charge in [-0.25, -0.2) is 9.78 Å². The number of carbonyl (C=O) groups is 1. The van der Waals surface area contributed by atoms with Crippen LogP contribution in [0.15, 0.2) is 78.9 Å². The summed E-state index contributed by atoms with van der Waals surface area (Å²) in [6, 6.07) is 26.4. The number of nitriles is 1. The topological polar surface area (TPSA) is 72.2 Å². The number of aromatic nitrogens is 1. The van der Waals surface area contributed by atoms with Crippen molar-refractivity contribution < 1.29 is 14.3 Å². The molecular formula is C27H18N2O3. The fraction of sp³-hybridized carbons (Fsp3) is 0.0741. The Morgan fingerprint density at radius 3 is 2.31 bits per heavy atom. The van der Waals surface area contributed by atoms with E-state index >= 15 is 0 Å². The Labute approximate surface area is 185 Å². The Kier molecular flexibility index (Phi) is 6.11. The van der Waals surface area contributed by atoms with Crippen LogP contribution in [0, 0.1) is 23.2 Å². The van der Waals surface area contributed by atoms with E-state index in [-0.39, 0.29) is 5.69 Å². The predicted octanol–water partition coefficient (Wildman–Crippen LogP) is 4.87. The molecule has 1 heterocycles. The molecule has 0 amide bonds. The molecule has 0 radical (unpaired) electrons. The summed E-state index contributed by atoms with van der Waals surface area (Å²) in [6.45, 7) is 0.294. The maximum absolute atomic E-state index is 12.2. The molecule has 5 heteroatoms. The van der Waals surface area contributed by atoms with Crippen LogP contribution in [0.2, 0.25) is 0 Å². The molecule has 0 aliphatic rings. The van der Waals surface area contributed by atoms with Gasteiger partial charge in [0.2, 0.25) is 0 Å². The van der Waals surface area contributed by atoms with E-state index in [9.17, 15) is 10.1 Å². The number of methoxy groups -OCH3 is 1. The molecule has 0 fully saturated rings. The van der Waals surface area contributed by atoms with Gasteiger partial charge in [-0.15, -0.1) is 0 Å². The zero-order valence-electron chi connectivity index (χ0n) is 17.3. The maximum atomic E-state index is 12.2. The lowest BCUT2D eigenvalue weighted by atomic mass is 10.0. The summed E-state index contributed by atoms with van der Waals surface area (Å²) in [5, 5.41) is 10.3. The van der Waals surface area contributed by atoms with Crippen molar-refractivity contribution in [2.75, 3.05) is 7.11 Å². The van der Waals surface area contributed by atoms with E-state index in [0.717, 1.165) is 11.1 Å². The fourth-order valence-corrected chi connectivity index (χ4v) is 3.18. The van der Waals surface area contributed by atoms with Crippen LogP contribution in [0.1, 0.15) is 32.7 Å². The van der Waals surface area contributed by atoms with E-state index in [2.05, 4.69) is 22.9 Å². The fourth-order valence-electron chi connectivity index (χ4n) is 3.18. The van der Waals surface area contributed by atoms with E-state index in [1.54, 1.807) is 6.07 Å². The highest BCUT2D eigenvalue weighted by molar-refractivity contribution is 5.96. The van der Waals surface area contributed by atoms with E-state index in [1.807, 2.05) is 66.7 Å². The molecule has 1 aromatic heterocycles. The predicted molar refractivity (Wildman–Crippen MR) is 121 cm³/mol. The summed E-state index contributed by atoms with van der Waals surface area (Å²) in [5.74, 6) is 6.03. The molecule has 154 valence electrons. The average Bonchev–Trinajstić information content (AvgIpc) is 2.86. The SMILES string of the molecule is COC(=O)c1cc(OCc2ccccc2)c2cc(C#Cc3ccccc3)cc(C#N)c2n1. The Morgan fingerprint density at radius 2 is 1.62 bits per heavy atom. The average molecular weight is 418 g/mol. The molecule has 32 heavy (non-hydrogen) atoms. The van der Waals surface area contributed by atoms with Crippen LogP contribution in [-0.2, 0) is 11.3 Å². The molecule has 0 N–H and O–H groups in total. The second-order valence-electron chi connectivity index (χ2n) is 6.92. The Morgan fingerprint density at radius 1 is 0.938 bits per heavy atom. The number of rotatable bonds is 4. The molecule has 0 aliphatic carbocycles. The van der Waals surface area contributed by atoms with Gasteiger partial charge >= 0.3 is 5.97 Å². The van der Waals surface area contributed by atoms with Crippen LogP contribution in [0.4, 0.5) is 0 Å². The molecular weight excluding hydrogens is 400 g/mol. The molecule has 3 aromatic carbocycles. The van der Waals surface area contributed by atoms with Crippen molar-refractivity contribution in [2.45, 2.75) is 6.61 Å². The highest BCUT2D eigenvalue weighted by Crippen LogP contribution is 2.30. The molecule has 0 atom stereocenters. The van der Waals surface area contributed by atoms with Crippen molar-refractivity contribution in [1.82, 2.24) is 4.98 Å². The molecule has 0 saturated heterocycles. The summed E-state index contributed by atoms with van der Waals surface area (Å²) >= 11 is 0. The molecule has 4 rings (SSSR count). The number of hydrogen-bond donors (Lipinski definition) is 0. The summed E-state index contributed by atoms with van der Waals surface area (Å²) < 4.78 is 10.9. The Hall–Kier alpha value is -4.61. The monoisotopic (exact) mass is 418 g/mol. The summed E-state index contributed by atoms with van der Waals surface area (Å²) in [7, 11) is 1.28. The number of nitrogens with zero attached hydrogens (tertiary/aromatic N) is 2. The molecule has 0 bridgehead atoms. The number of pyridine rings is 1. The molecule has 0 spiro atoms. The first-order valence-corrected chi connectivity index (χ1v) is 9.89. The smallest absolute Gasteiger partial charge is 0.356 e. The lowest BCUT2D eigenvalue weighted by Crippen LogP contribution is -2.07. The number of hydrogen-bond acceptors (Lipinski definition) is 5. The van der Waals surface area contributed by atoms with E-state index in [0.29, 0.717) is 34.4 Å². The number of fused-ring (bicyclic) bond motifs is 1. The maximum Gasteiger partial charge on any atom is 0.356 e. The Bertz CT molecular complexity index is 1380.